The van der Waals surface area contributed by atoms with E-state index in [4.69, 9.17) is 0 Å². The highest BCUT2D eigenvalue weighted by atomic mass is 16.3. The van der Waals surface area contributed by atoms with Gasteiger partial charge < -0.3 is 35.3 Å². The van der Waals surface area contributed by atoms with E-state index in [2.05, 4.69) is 16.0 Å². The van der Waals surface area contributed by atoms with Crippen molar-refractivity contribution in [3.63, 3.8) is 0 Å². The molecule has 0 aromatic carbocycles. The second kappa shape index (κ2) is 9.55. The van der Waals surface area contributed by atoms with Crippen molar-refractivity contribution in [2.75, 3.05) is 26.2 Å². The summed E-state index contributed by atoms with van der Waals surface area (Å²) in [6.07, 6.45) is 2.77. The molecule has 2 amide bonds. The Morgan fingerprint density at radius 1 is 0.793 bits per heavy atom. The van der Waals surface area contributed by atoms with Gasteiger partial charge in [0.05, 0.1) is 11.1 Å². The first-order chi connectivity index (χ1) is 13.7. The smallest absolute Gasteiger partial charge is 0.293 e. The third-order valence-electron chi connectivity index (χ3n) is 4.15. The third-order valence-corrected chi connectivity index (χ3v) is 4.15. The Morgan fingerprint density at radius 3 is 1.55 bits per heavy atom. The number of nitrogens with zero attached hydrogens (tertiary/aromatic N) is 2. The van der Waals surface area contributed by atoms with Gasteiger partial charge in [0.25, 0.3) is 22.9 Å². The van der Waals surface area contributed by atoms with E-state index in [-0.39, 0.29) is 24.2 Å². The molecule has 2 rings (SSSR count). The monoisotopic (exact) mass is 405 g/mol. The molecule has 0 unspecified atom stereocenters. The largest absolute Gasteiger partial charge is 0.502 e. The minimum atomic E-state index is -0.658. The molecule has 0 radical (unpaired) electrons. The molecule has 0 aliphatic rings. The summed E-state index contributed by atoms with van der Waals surface area (Å²) < 4.78 is 2.32. The van der Waals surface area contributed by atoms with Gasteiger partial charge in [-0.1, -0.05) is 0 Å². The molecule has 0 aliphatic carbocycles. The first-order valence-corrected chi connectivity index (χ1v) is 8.78. The van der Waals surface area contributed by atoms with E-state index < -0.39 is 34.4 Å². The van der Waals surface area contributed by atoms with Gasteiger partial charge in [0, 0.05) is 52.7 Å². The molecular weight excluding hydrogens is 382 g/mol. The molecule has 0 atom stereocenters. The fraction of sp³-hybridized carbons (Fsp3) is 0.333. The number of aryl methyl sites for hydroxylation is 2. The molecule has 5 N–H and O–H groups in total. The lowest BCUT2D eigenvalue weighted by molar-refractivity contribution is 0.0944. The topological polar surface area (TPSA) is 155 Å². The van der Waals surface area contributed by atoms with Crippen molar-refractivity contribution in [2.24, 2.45) is 14.1 Å². The summed E-state index contributed by atoms with van der Waals surface area (Å²) in [6, 6.07) is 2.70. The Kier molecular flexibility index (Phi) is 7.15. The lowest BCUT2D eigenvalue weighted by Gasteiger charge is -2.10. The SMILES string of the molecule is Cn1ccc(C(=O)NCCNCCNC(=O)c2ccn(C)c(=O)c2O)c(O)c1=O. The van der Waals surface area contributed by atoms with Crippen LogP contribution in [0.5, 0.6) is 11.5 Å². The van der Waals surface area contributed by atoms with Gasteiger partial charge in [-0.15, -0.1) is 0 Å². The lowest BCUT2D eigenvalue weighted by Crippen LogP contribution is -2.37. The highest BCUT2D eigenvalue weighted by molar-refractivity contribution is 5.97. The molecule has 0 aliphatic heterocycles. The van der Waals surface area contributed by atoms with Crippen LogP contribution in [0.3, 0.4) is 0 Å². The zero-order valence-electron chi connectivity index (χ0n) is 16.1. The van der Waals surface area contributed by atoms with Crippen LogP contribution in [-0.2, 0) is 14.1 Å². The van der Waals surface area contributed by atoms with Crippen molar-refractivity contribution < 1.29 is 19.8 Å². The number of rotatable bonds is 8. The molecule has 2 aromatic rings. The summed E-state index contributed by atoms with van der Waals surface area (Å²) in [4.78, 5) is 47.2. The summed E-state index contributed by atoms with van der Waals surface area (Å²) in [5.74, 6) is -2.36. The molecule has 11 nitrogen and oxygen atoms in total. The predicted molar refractivity (Wildman–Crippen MR) is 104 cm³/mol. The van der Waals surface area contributed by atoms with E-state index >= 15 is 0 Å². The quantitative estimate of drug-likeness (QED) is 0.326. The first-order valence-electron chi connectivity index (χ1n) is 8.78. The van der Waals surface area contributed by atoms with Gasteiger partial charge >= 0.3 is 0 Å². The van der Waals surface area contributed by atoms with Crippen LogP contribution < -0.4 is 27.1 Å². The standard InChI is InChI=1S/C18H23N5O6/c1-22-9-3-11(13(24)17(22)28)15(26)20-7-5-19-6-8-21-16(27)12-4-10-23(2)18(29)14(12)25/h3-4,9-10,19,24-25H,5-8H2,1-2H3,(H,20,26)(H,21,27). The van der Waals surface area contributed by atoms with Gasteiger partial charge in [-0.3, -0.25) is 19.2 Å². The van der Waals surface area contributed by atoms with E-state index in [9.17, 15) is 29.4 Å². The molecule has 0 saturated carbocycles. The number of carbonyl (C=O) groups is 2. The summed E-state index contributed by atoms with van der Waals surface area (Å²) in [5, 5.41) is 27.6. The summed E-state index contributed by atoms with van der Waals surface area (Å²) in [7, 11) is 2.93. The summed E-state index contributed by atoms with van der Waals surface area (Å²) >= 11 is 0. The maximum Gasteiger partial charge on any atom is 0.293 e. The lowest BCUT2D eigenvalue weighted by atomic mass is 10.2. The number of hydrogen-bond acceptors (Lipinski definition) is 7. The van der Waals surface area contributed by atoms with E-state index in [0.717, 1.165) is 9.13 Å². The van der Waals surface area contributed by atoms with Crippen molar-refractivity contribution >= 4 is 11.8 Å². The molecule has 2 aromatic heterocycles. The second-order valence-corrected chi connectivity index (χ2v) is 6.25. The molecule has 0 saturated heterocycles. The maximum atomic E-state index is 12.0. The molecule has 29 heavy (non-hydrogen) atoms. The van der Waals surface area contributed by atoms with Crippen molar-refractivity contribution in [3.8, 4) is 11.5 Å². The van der Waals surface area contributed by atoms with Gasteiger partial charge in [0.15, 0.2) is 11.5 Å². The Labute approximate surface area is 165 Å². The average molecular weight is 405 g/mol. The normalized spacial score (nSPS) is 10.6. The Hall–Kier alpha value is -3.60. The van der Waals surface area contributed by atoms with Gasteiger partial charge in [0.1, 0.15) is 0 Å². The van der Waals surface area contributed by atoms with Crippen LogP contribution >= 0.6 is 0 Å². The number of pyridine rings is 2. The Bertz CT molecular complexity index is 945. The average Bonchev–Trinajstić information content (AvgIpc) is 2.69. The van der Waals surface area contributed by atoms with Crippen LogP contribution in [0.15, 0.2) is 34.1 Å². The van der Waals surface area contributed by atoms with Crippen LogP contribution in [0.4, 0.5) is 0 Å². The van der Waals surface area contributed by atoms with Crippen molar-refractivity contribution in [3.05, 3.63) is 56.4 Å². The zero-order chi connectivity index (χ0) is 21.6. The molecule has 0 fully saturated rings. The van der Waals surface area contributed by atoms with Gasteiger partial charge in [0.2, 0.25) is 0 Å². The molecule has 0 bridgehead atoms. The van der Waals surface area contributed by atoms with Gasteiger partial charge in [-0.25, -0.2) is 0 Å². The highest BCUT2D eigenvalue weighted by Gasteiger charge is 2.15. The van der Waals surface area contributed by atoms with Crippen molar-refractivity contribution in [2.45, 2.75) is 0 Å². The van der Waals surface area contributed by atoms with E-state index in [1.165, 1.54) is 38.6 Å². The van der Waals surface area contributed by atoms with Crippen LogP contribution in [0.25, 0.3) is 0 Å². The van der Waals surface area contributed by atoms with E-state index in [1.807, 2.05) is 0 Å². The molecule has 11 heteroatoms. The number of aromatic hydroxyl groups is 2. The Morgan fingerprint density at radius 2 is 1.17 bits per heavy atom. The van der Waals surface area contributed by atoms with Crippen LogP contribution in [0, 0.1) is 0 Å². The van der Waals surface area contributed by atoms with Crippen molar-refractivity contribution in [1.82, 2.24) is 25.1 Å². The van der Waals surface area contributed by atoms with Crippen LogP contribution in [-0.4, -0.2) is 57.3 Å². The number of aromatic nitrogens is 2. The van der Waals surface area contributed by atoms with Crippen LogP contribution in [0.1, 0.15) is 20.7 Å². The zero-order valence-corrected chi connectivity index (χ0v) is 16.1. The van der Waals surface area contributed by atoms with Crippen LogP contribution in [0.2, 0.25) is 0 Å². The fourth-order valence-electron chi connectivity index (χ4n) is 2.44. The number of nitrogens with one attached hydrogen (secondary N) is 3. The summed E-state index contributed by atoms with van der Waals surface area (Å²) in [5.41, 5.74) is -1.52. The van der Waals surface area contributed by atoms with Gasteiger partial charge in [-0.2, -0.15) is 0 Å². The Balaban J connectivity index is 1.70. The van der Waals surface area contributed by atoms with Crippen molar-refractivity contribution in [1.29, 1.82) is 0 Å². The van der Waals surface area contributed by atoms with E-state index in [1.54, 1.807) is 0 Å². The number of carbonyl (C=O) groups excluding carboxylic acids is 2. The number of hydrogen-bond donors (Lipinski definition) is 5. The second-order valence-electron chi connectivity index (χ2n) is 6.25. The first kappa shape index (κ1) is 21.7. The maximum absolute atomic E-state index is 12.0. The summed E-state index contributed by atoms with van der Waals surface area (Å²) in [6.45, 7) is 1.22. The predicted octanol–water partition coefficient (Wildman–Crippen LogP) is -1.76. The van der Waals surface area contributed by atoms with Gasteiger partial charge in [-0.05, 0) is 12.1 Å². The molecular formula is C18H23N5O6. The number of amides is 2. The minimum Gasteiger partial charge on any atom is -0.502 e. The molecule has 156 valence electrons. The molecule has 0 spiro atoms. The highest BCUT2D eigenvalue weighted by Crippen LogP contribution is 2.10. The fourth-order valence-corrected chi connectivity index (χ4v) is 2.44. The van der Waals surface area contributed by atoms with E-state index in [0.29, 0.717) is 13.1 Å². The minimum absolute atomic E-state index is 0.103. The third kappa shape index (κ3) is 5.23. The molecule has 2 heterocycles.